The summed E-state index contributed by atoms with van der Waals surface area (Å²) in [7, 11) is 1.74. The number of rotatable bonds is 6. The number of nitrogens with two attached hydrogens (primary N) is 1. The summed E-state index contributed by atoms with van der Waals surface area (Å²) in [5, 5.41) is 3.32. The molecule has 74 valence electrons. The molecule has 0 aromatic heterocycles. The Kier molecular flexibility index (Phi) is 5.46. The molecule has 0 saturated carbocycles. The second kappa shape index (κ2) is 5.51. The molecule has 0 bridgehead atoms. The quantitative estimate of drug-likeness (QED) is 0.624. The highest BCUT2D eigenvalue weighted by molar-refractivity contribution is 4.78. The van der Waals surface area contributed by atoms with Crippen molar-refractivity contribution in [1.29, 1.82) is 0 Å². The lowest BCUT2D eigenvalue weighted by Gasteiger charge is -2.28. The zero-order valence-corrected chi connectivity index (χ0v) is 8.68. The Morgan fingerprint density at radius 1 is 1.50 bits per heavy atom. The number of hydrogen-bond donors (Lipinski definition) is 2. The summed E-state index contributed by atoms with van der Waals surface area (Å²) in [5.41, 5.74) is 5.53. The van der Waals surface area contributed by atoms with Gasteiger partial charge >= 0.3 is 0 Å². The van der Waals surface area contributed by atoms with Crippen molar-refractivity contribution in [2.24, 2.45) is 5.73 Å². The Labute approximate surface area is 75.7 Å². The molecule has 0 aromatic rings. The van der Waals surface area contributed by atoms with Crippen LogP contribution in [0.25, 0.3) is 0 Å². The van der Waals surface area contributed by atoms with Crippen LogP contribution in [-0.4, -0.2) is 31.8 Å². The lowest BCUT2D eigenvalue weighted by molar-refractivity contribution is 0.00795. The normalized spacial score (nSPS) is 14.8. The zero-order valence-electron chi connectivity index (χ0n) is 8.68. The van der Waals surface area contributed by atoms with Crippen molar-refractivity contribution in [1.82, 2.24) is 5.32 Å². The first-order valence-corrected chi connectivity index (χ1v) is 4.54. The second-order valence-corrected chi connectivity index (χ2v) is 3.66. The van der Waals surface area contributed by atoms with Gasteiger partial charge in [-0.25, -0.2) is 0 Å². The van der Waals surface area contributed by atoms with Crippen LogP contribution in [0.3, 0.4) is 0 Å². The van der Waals surface area contributed by atoms with Crippen molar-refractivity contribution in [3.63, 3.8) is 0 Å². The molecule has 1 atom stereocenters. The Morgan fingerprint density at radius 3 is 2.42 bits per heavy atom. The van der Waals surface area contributed by atoms with Crippen LogP contribution in [0.1, 0.15) is 27.2 Å². The van der Waals surface area contributed by atoms with Gasteiger partial charge in [-0.2, -0.15) is 0 Å². The Balaban J connectivity index is 3.83. The predicted octanol–water partition coefficient (Wildman–Crippen LogP) is 0.738. The molecule has 0 rings (SSSR count). The molecule has 12 heavy (non-hydrogen) atoms. The molecule has 0 fully saturated rings. The molecule has 0 amide bonds. The van der Waals surface area contributed by atoms with Crippen molar-refractivity contribution < 1.29 is 4.74 Å². The number of hydrogen-bond acceptors (Lipinski definition) is 3. The van der Waals surface area contributed by atoms with Crippen molar-refractivity contribution in [3.05, 3.63) is 0 Å². The van der Waals surface area contributed by atoms with Gasteiger partial charge in [0.15, 0.2) is 0 Å². The van der Waals surface area contributed by atoms with Gasteiger partial charge in [-0.05, 0) is 26.8 Å². The Morgan fingerprint density at radius 2 is 2.08 bits per heavy atom. The van der Waals surface area contributed by atoms with Crippen LogP contribution < -0.4 is 11.1 Å². The average Bonchev–Trinajstić information content (AvgIpc) is 2.03. The van der Waals surface area contributed by atoms with Crippen molar-refractivity contribution in [3.8, 4) is 0 Å². The third kappa shape index (κ3) is 4.70. The fourth-order valence-electron chi connectivity index (χ4n) is 1.20. The highest BCUT2D eigenvalue weighted by atomic mass is 16.5. The van der Waals surface area contributed by atoms with Crippen LogP contribution in [0.5, 0.6) is 0 Å². The summed E-state index contributed by atoms with van der Waals surface area (Å²) in [5.74, 6) is 0. The monoisotopic (exact) mass is 174 g/mol. The van der Waals surface area contributed by atoms with E-state index in [2.05, 4.69) is 26.1 Å². The van der Waals surface area contributed by atoms with E-state index in [0.717, 1.165) is 13.0 Å². The smallest absolute Gasteiger partial charge is 0.0638 e. The molecule has 1 unspecified atom stereocenters. The first-order valence-electron chi connectivity index (χ1n) is 4.54. The SMILES string of the molecule is CCNC(CN)CC(C)(C)OC. The van der Waals surface area contributed by atoms with E-state index in [-0.39, 0.29) is 5.60 Å². The average molecular weight is 174 g/mol. The van der Waals surface area contributed by atoms with E-state index >= 15 is 0 Å². The lowest BCUT2D eigenvalue weighted by Crippen LogP contribution is -2.42. The molecule has 0 aliphatic carbocycles. The van der Waals surface area contributed by atoms with Crippen LogP contribution in [0.15, 0.2) is 0 Å². The fourth-order valence-corrected chi connectivity index (χ4v) is 1.20. The molecular formula is C9H22N2O. The maximum absolute atomic E-state index is 5.60. The molecule has 0 saturated heterocycles. The minimum Gasteiger partial charge on any atom is -0.379 e. The zero-order chi connectivity index (χ0) is 9.61. The molecule has 3 heteroatoms. The van der Waals surface area contributed by atoms with Crippen LogP contribution in [0, 0.1) is 0 Å². The molecule has 0 aliphatic heterocycles. The predicted molar refractivity (Wildman–Crippen MR) is 52.2 cm³/mol. The molecular weight excluding hydrogens is 152 g/mol. The standard InChI is InChI=1S/C9H22N2O/c1-5-11-8(7-10)6-9(2,3)12-4/h8,11H,5-7,10H2,1-4H3. The van der Waals surface area contributed by atoms with Gasteiger partial charge in [0.2, 0.25) is 0 Å². The van der Waals surface area contributed by atoms with Gasteiger partial charge in [-0.3, -0.25) is 0 Å². The highest BCUT2D eigenvalue weighted by Gasteiger charge is 2.20. The van der Waals surface area contributed by atoms with Crippen LogP contribution in [0.2, 0.25) is 0 Å². The van der Waals surface area contributed by atoms with E-state index < -0.39 is 0 Å². The maximum Gasteiger partial charge on any atom is 0.0638 e. The van der Waals surface area contributed by atoms with Gasteiger partial charge < -0.3 is 15.8 Å². The molecule has 3 N–H and O–H groups in total. The van der Waals surface area contributed by atoms with E-state index in [4.69, 9.17) is 10.5 Å². The van der Waals surface area contributed by atoms with Crippen LogP contribution in [0.4, 0.5) is 0 Å². The third-order valence-corrected chi connectivity index (χ3v) is 2.07. The molecule has 3 nitrogen and oxygen atoms in total. The summed E-state index contributed by atoms with van der Waals surface area (Å²) in [6.07, 6.45) is 0.952. The van der Waals surface area contributed by atoms with E-state index in [1.54, 1.807) is 7.11 Å². The summed E-state index contributed by atoms with van der Waals surface area (Å²) >= 11 is 0. The highest BCUT2D eigenvalue weighted by Crippen LogP contribution is 2.14. The van der Waals surface area contributed by atoms with Crippen LogP contribution >= 0.6 is 0 Å². The number of likely N-dealkylation sites (N-methyl/N-ethyl adjacent to an activating group) is 1. The Bertz CT molecular complexity index is 115. The van der Waals surface area contributed by atoms with E-state index in [1.165, 1.54) is 0 Å². The largest absolute Gasteiger partial charge is 0.379 e. The molecule has 0 heterocycles. The van der Waals surface area contributed by atoms with Crippen LogP contribution in [-0.2, 0) is 4.74 Å². The minimum absolute atomic E-state index is 0.0772. The lowest BCUT2D eigenvalue weighted by atomic mass is 9.99. The van der Waals surface area contributed by atoms with Gasteiger partial charge in [0.1, 0.15) is 0 Å². The fraction of sp³-hybridized carbons (Fsp3) is 1.00. The van der Waals surface area contributed by atoms with Crippen molar-refractivity contribution in [2.45, 2.75) is 38.8 Å². The van der Waals surface area contributed by atoms with E-state index in [9.17, 15) is 0 Å². The van der Waals surface area contributed by atoms with Gasteiger partial charge in [0.25, 0.3) is 0 Å². The van der Waals surface area contributed by atoms with E-state index in [1.807, 2.05) is 0 Å². The Hall–Kier alpha value is -0.120. The molecule has 0 aromatic carbocycles. The van der Waals surface area contributed by atoms with Gasteiger partial charge in [-0.1, -0.05) is 6.92 Å². The third-order valence-electron chi connectivity index (χ3n) is 2.07. The maximum atomic E-state index is 5.60. The summed E-state index contributed by atoms with van der Waals surface area (Å²) in [6.45, 7) is 7.87. The first-order chi connectivity index (χ1) is 5.55. The number of nitrogens with one attached hydrogen (secondary N) is 1. The summed E-state index contributed by atoms with van der Waals surface area (Å²) in [4.78, 5) is 0. The molecule has 0 radical (unpaired) electrons. The number of methoxy groups -OCH3 is 1. The second-order valence-electron chi connectivity index (χ2n) is 3.66. The topological polar surface area (TPSA) is 47.3 Å². The minimum atomic E-state index is -0.0772. The first kappa shape index (κ1) is 11.9. The van der Waals surface area contributed by atoms with Gasteiger partial charge in [0.05, 0.1) is 5.60 Å². The summed E-state index contributed by atoms with van der Waals surface area (Å²) < 4.78 is 5.32. The van der Waals surface area contributed by atoms with Gasteiger partial charge in [-0.15, -0.1) is 0 Å². The number of ether oxygens (including phenoxy) is 1. The van der Waals surface area contributed by atoms with E-state index in [0.29, 0.717) is 12.6 Å². The summed E-state index contributed by atoms with van der Waals surface area (Å²) in [6, 6.07) is 0.366. The molecule has 0 aliphatic rings. The van der Waals surface area contributed by atoms with Crippen molar-refractivity contribution in [2.75, 3.05) is 20.2 Å². The molecule has 0 spiro atoms. The van der Waals surface area contributed by atoms with Gasteiger partial charge in [0, 0.05) is 19.7 Å². The van der Waals surface area contributed by atoms with Crippen molar-refractivity contribution >= 4 is 0 Å².